The molecule has 2 amide bonds. The lowest BCUT2D eigenvalue weighted by molar-refractivity contribution is -0.142. The minimum atomic E-state index is -0.254. The van der Waals surface area contributed by atoms with Gasteiger partial charge >= 0.3 is 0 Å². The number of carbonyl (C=O) groups is 2. The molecule has 0 N–H and O–H groups in total. The van der Waals surface area contributed by atoms with E-state index in [1.807, 2.05) is 54.6 Å². The first-order valence-electron chi connectivity index (χ1n) is 9.35. The van der Waals surface area contributed by atoms with Crippen LogP contribution >= 0.6 is 0 Å². The van der Waals surface area contributed by atoms with Gasteiger partial charge in [0.15, 0.2) is 0 Å². The summed E-state index contributed by atoms with van der Waals surface area (Å²) in [6.07, 6.45) is 0.595. The number of likely N-dealkylation sites (N-methyl/N-ethyl adjacent to an activating group) is 1. The molecule has 1 heterocycles. The number of hydrogen-bond acceptors (Lipinski definition) is 5. The van der Waals surface area contributed by atoms with E-state index < -0.39 is 0 Å². The normalized spacial score (nSPS) is 15.8. The van der Waals surface area contributed by atoms with Crippen molar-refractivity contribution in [2.75, 3.05) is 34.4 Å². The summed E-state index contributed by atoms with van der Waals surface area (Å²) in [6.45, 7) is -0.128. The number of benzene rings is 2. The Labute approximate surface area is 170 Å². The SMILES string of the molecule is COCC(=O)N(C)CC(=O)N1N=C(c2ccc(OC)cc2)C[C@H]1c1ccccc1. The van der Waals surface area contributed by atoms with Crippen molar-refractivity contribution in [3.63, 3.8) is 0 Å². The van der Waals surface area contributed by atoms with Crippen molar-refractivity contribution in [3.8, 4) is 5.75 Å². The fourth-order valence-corrected chi connectivity index (χ4v) is 3.23. The van der Waals surface area contributed by atoms with Gasteiger partial charge in [0.05, 0.1) is 18.9 Å². The van der Waals surface area contributed by atoms with Gasteiger partial charge in [-0.3, -0.25) is 9.59 Å². The Morgan fingerprint density at radius 3 is 2.41 bits per heavy atom. The number of methoxy groups -OCH3 is 2. The van der Waals surface area contributed by atoms with E-state index in [4.69, 9.17) is 9.47 Å². The van der Waals surface area contributed by atoms with Gasteiger partial charge in [0.25, 0.3) is 5.91 Å². The molecule has 29 heavy (non-hydrogen) atoms. The monoisotopic (exact) mass is 395 g/mol. The maximum absolute atomic E-state index is 13.0. The van der Waals surface area contributed by atoms with Crippen molar-refractivity contribution < 1.29 is 19.1 Å². The average molecular weight is 395 g/mol. The second-order valence-corrected chi connectivity index (χ2v) is 6.83. The Balaban J connectivity index is 1.85. The van der Waals surface area contributed by atoms with Crippen LogP contribution in [0.2, 0.25) is 0 Å². The van der Waals surface area contributed by atoms with E-state index in [-0.39, 0.29) is 31.0 Å². The van der Waals surface area contributed by atoms with E-state index in [9.17, 15) is 9.59 Å². The molecule has 2 aromatic rings. The molecule has 0 fully saturated rings. The zero-order valence-electron chi connectivity index (χ0n) is 16.9. The van der Waals surface area contributed by atoms with Gasteiger partial charge in [-0.2, -0.15) is 5.10 Å². The number of hydrazone groups is 1. The maximum atomic E-state index is 13.0. The maximum Gasteiger partial charge on any atom is 0.262 e. The van der Waals surface area contributed by atoms with Crippen LogP contribution in [0.5, 0.6) is 5.75 Å². The van der Waals surface area contributed by atoms with E-state index in [1.54, 1.807) is 14.2 Å². The Bertz CT molecular complexity index is 881. The number of nitrogens with zero attached hydrogens (tertiary/aromatic N) is 3. The highest BCUT2D eigenvalue weighted by atomic mass is 16.5. The van der Waals surface area contributed by atoms with Gasteiger partial charge in [-0.05, 0) is 35.4 Å². The highest BCUT2D eigenvalue weighted by Gasteiger charge is 2.33. The predicted octanol–water partition coefficient (Wildman–Crippen LogP) is 2.48. The van der Waals surface area contributed by atoms with Gasteiger partial charge < -0.3 is 14.4 Å². The van der Waals surface area contributed by atoms with Crippen LogP contribution in [-0.4, -0.2) is 61.9 Å². The average Bonchev–Trinajstić information content (AvgIpc) is 3.20. The van der Waals surface area contributed by atoms with Crippen LogP contribution in [0.15, 0.2) is 59.7 Å². The number of rotatable bonds is 7. The second-order valence-electron chi connectivity index (χ2n) is 6.83. The molecule has 0 unspecified atom stereocenters. The van der Waals surface area contributed by atoms with Crippen molar-refractivity contribution >= 4 is 17.5 Å². The summed E-state index contributed by atoms with van der Waals surface area (Å²) in [7, 11) is 4.65. The lowest BCUT2D eigenvalue weighted by atomic mass is 9.98. The summed E-state index contributed by atoms with van der Waals surface area (Å²) in [5, 5.41) is 6.11. The summed E-state index contributed by atoms with van der Waals surface area (Å²) in [5.41, 5.74) is 2.76. The van der Waals surface area contributed by atoms with Gasteiger partial charge in [0.2, 0.25) is 5.91 Å². The zero-order chi connectivity index (χ0) is 20.8. The summed E-state index contributed by atoms with van der Waals surface area (Å²) >= 11 is 0. The summed E-state index contributed by atoms with van der Waals surface area (Å²) < 4.78 is 10.1. The van der Waals surface area contributed by atoms with Crippen LogP contribution in [0.4, 0.5) is 0 Å². The Morgan fingerprint density at radius 2 is 1.79 bits per heavy atom. The fourth-order valence-electron chi connectivity index (χ4n) is 3.23. The minimum Gasteiger partial charge on any atom is -0.497 e. The number of hydrogen-bond donors (Lipinski definition) is 0. The Morgan fingerprint density at radius 1 is 1.10 bits per heavy atom. The molecule has 0 aromatic heterocycles. The molecule has 3 rings (SSSR count). The van der Waals surface area contributed by atoms with Crippen molar-refractivity contribution in [3.05, 3.63) is 65.7 Å². The Kier molecular flexibility index (Phi) is 6.61. The summed E-state index contributed by atoms with van der Waals surface area (Å²) in [5.74, 6) is 0.267. The molecule has 0 saturated heterocycles. The molecule has 0 aliphatic carbocycles. The molecule has 1 aliphatic heterocycles. The van der Waals surface area contributed by atoms with Gasteiger partial charge in [-0.25, -0.2) is 5.01 Å². The van der Waals surface area contributed by atoms with Crippen LogP contribution < -0.4 is 4.74 Å². The molecule has 2 aromatic carbocycles. The number of carbonyl (C=O) groups excluding carboxylic acids is 2. The fraction of sp³-hybridized carbons (Fsp3) is 0.318. The lowest BCUT2D eigenvalue weighted by Gasteiger charge is -2.24. The highest BCUT2D eigenvalue weighted by molar-refractivity contribution is 6.03. The van der Waals surface area contributed by atoms with E-state index in [0.717, 1.165) is 22.6 Å². The highest BCUT2D eigenvalue weighted by Crippen LogP contribution is 2.33. The summed E-state index contributed by atoms with van der Waals surface area (Å²) in [4.78, 5) is 26.3. The first-order valence-corrected chi connectivity index (χ1v) is 9.35. The largest absolute Gasteiger partial charge is 0.497 e. The zero-order valence-corrected chi connectivity index (χ0v) is 16.9. The molecular formula is C22H25N3O4. The number of ether oxygens (including phenoxy) is 2. The quantitative estimate of drug-likeness (QED) is 0.722. The molecule has 0 radical (unpaired) electrons. The van der Waals surface area contributed by atoms with Crippen molar-refractivity contribution in [2.24, 2.45) is 5.10 Å². The van der Waals surface area contributed by atoms with Gasteiger partial charge in [-0.1, -0.05) is 30.3 Å². The van der Waals surface area contributed by atoms with E-state index in [1.165, 1.54) is 17.0 Å². The smallest absolute Gasteiger partial charge is 0.262 e. The third-order valence-corrected chi connectivity index (χ3v) is 4.84. The molecule has 1 atom stereocenters. The Hall–Kier alpha value is -3.19. The first-order chi connectivity index (χ1) is 14.0. The molecule has 0 spiro atoms. The molecule has 0 saturated carbocycles. The van der Waals surface area contributed by atoms with Gasteiger partial charge in [0, 0.05) is 20.6 Å². The van der Waals surface area contributed by atoms with Gasteiger partial charge in [0.1, 0.15) is 18.9 Å². The molecule has 7 heteroatoms. The van der Waals surface area contributed by atoms with Crippen LogP contribution in [-0.2, 0) is 14.3 Å². The molecule has 1 aliphatic rings. The minimum absolute atomic E-state index is 0.0632. The molecule has 7 nitrogen and oxygen atoms in total. The third kappa shape index (κ3) is 4.81. The van der Waals surface area contributed by atoms with E-state index in [2.05, 4.69) is 5.10 Å². The van der Waals surface area contributed by atoms with Crippen LogP contribution in [0.3, 0.4) is 0 Å². The molecule has 0 bridgehead atoms. The second kappa shape index (κ2) is 9.34. The van der Waals surface area contributed by atoms with Crippen LogP contribution in [0.1, 0.15) is 23.6 Å². The van der Waals surface area contributed by atoms with E-state index >= 15 is 0 Å². The standard InChI is InChI=1S/C22H25N3O4/c1-24(22(27)15-28-2)14-21(26)25-20(17-7-5-4-6-8-17)13-19(23-25)16-9-11-18(29-3)12-10-16/h4-12,20H,13-15H2,1-3H3/t20-/m0/s1. The van der Waals surface area contributed by atoms with Crippen molar-refractivity contribution in [1.29, 1.82) is 0 Å². The lowest BCUT2D eigenvalue weighted by Crippen LogP contribution is -2.40. The van der Waals surface area contributed by atoms with Gasteiger partial charge in [-0.15, -0.1) is 0 Å². The molecule has 152 valence electrons. The third-order valence-electron chi connectivity index (χ3n) is 4.84. The van der Waals surface area contributed by atoms with Crippen molar-refractivity contribution in [2.45, 2.75) is 12.5 Å². The van der Waals surface area contributed by atoms with Crippen LogP contribution in [0, 0.1) is 0 Å². The molecular weight excluding hydrogens is 370 g/mol. The topological polar surface area (TPSA) is 71.4 Å². The first kappa shape index (κ1) is 20.5. The van der Waals surface area contributed by atoms with Crippen molar-refractivity contribution in [1.82, 2.24) is 9.91 Å². The number of amides is 2. The predicted molar refractivity (Wildman–Crippen MR) is 110 cm³/mol. The van der Waals surface area contributed by atoms with E-state index in [0.29, 0.717) is 6.42 Å². The summed E-state index contributed by atoms with van der Waals surface area (Å²) in [6, 6.07) is 17.2. The van der Waals surface area contributed by atoms with Crippen LogP contribution in [0.25, 0.3) is 0 Å².